The maximum absolute atomic E-state index is 12.5. The Hall–Kier alpha value is -2.44. The molecule has 4 rings (SSSR count). The third-order valence-corrected chi connectivity index (χ3v) is 5.38. The normalized spacial score (nSPS) is 18.6. The second-order valence-corrected chi connectivity index (χ2v) is 7.10. The predicted octanol–water partition coefficient (Wildman–Crippen LogP) is 2.66. The molecule has 1 spiro atoms. The van der Waals surface area contributed by atoms with Crippen LogP contribution in [0.1, 0.15) is 34.5 Å². The predicted molar refractivity (Wildman–Crippen MR) is 103 cm³/mol. The van der Waals surface area contributed by atoms with Crippen LogP contribution in [-0.4, -0.2) is 43.0 Å². The lowest BCUT2D eigenvalue weighted by molar-refractivity contribution is -0.169. The molecule has 3 heterocycles. The minimum Gasteiger partial charge on any atom is -0.371 e. The van der Waals surface area contributed by atoms with Gasteiger partial charge in [-0.2, -0.15) is 0 Å². The van der Waals surface area contributed by atoms with E-state index >= 15 is 0 Å². The minimum atomic E-state index is -0.392. The van der Waals surface area contributed by atoms with Crippen molar-refractivity contribution in [3.8, 4) is 0 Å². The van der Waals surface area contributed by atoms with Crippen molar-refractivity contribution in [1.29, 1.82) is 0 Å². The number of hydrogen-bond donors (Lipinski definition) is 1. The van der Waals surface area contributed by atoms with Gasteiger partial charge in [-0.05, 0) is 30.2 Å². The number of carbonyl (C=O) groups is 1. The van der Waals surface area contributed by atoms with Crippen LogP contribution in [0, 0.1) is 6.92 Å². The number of benzene rings is 1. The molecule has 2 saturated heterocycles. The zero-order chi connectivity index (χ0) is 18.7. The van der Waals surface area contributed by atoms with E-state index in [1.165, 1.54) is 0 Å². The number of pyridine rings is 1. The van der Waals surface area contributed by atoms with Gasteiger partial charge in [-0.3, -0.25) is 9.78 Å². The van der Waals surface area contributed by atoms with Gasteiger partial charge in [0.1, 0.15) is 5.69 Å². The average Bonchev–Trinajstić information content (AvgIpc) is 3.16. The lowest BCUT2D eigenvalue weighted by Gasteiger charge is -2.38. The molecule has 6 nitrogen and oxygen atoms in total. The molecule has 0 unspecified atom stereocenters. The number of nitrogens with zero attached hydrogens (tertiary/aromatic N) is 2. The molecule has 0 aliphatic carbocycles. The van der Waals surface area contributed by atoms with Gasteiger partial charge in [0, 0.05) is 44.4 Å². The molecule has 1 N–H and O–H groups in total. The van der Waals surface area contributed by atoms with Crippen LogP contribution in [0.2, 0.25) is 0 Å². The fourth-order valence-corrected chi connectivity index (χ4v) is 3.71. The number of carbonyl (C=O) groups excluding carboxylic acids is 1. The summed E-state index contributed by atoms with van der Waals surface area (Å²) in [6.07, 6.45) is 3.37. The highest BCUT2D eigenvalue weighted by atomic mass is 16.7. The van der Waals surface area contributed by atoms with Crippen LogP contribution in [0.25, 0.3) is 0 Å². The van der Waals surface area contributed by atoms with Crippen LogP contribution in [0.15, 0.2) is 42.6 Å². The molecule has 2 aromatic rings. The SMILES string of the molecule is Cc1ccccc1CNC(=O)c1cc(N2CCC3(CC2)OCCO3)ccn1. The highest BCUT2D eigenvalue weighted by Gasteiger charge is 2.39. The molecule has 1 aromatic carbocycles. The summed E-state index contributed by atoms with van der Waals surface area (Å²) in [5, 5.41) is 2.97. The van der Waals surface area contributed by atoms with E-state index in [4.69, 9.17) is 9.47 Å². The van der Waals surface area contributed by atoms with Gasteiger partial charge >= 0.3 is 0 Å². The molecule has 6 heteroatoms. The zero-order valence-electron chi connectivity index (χ0n) is 15.6. The Bertz CT molecular complexity index is 808. The van der Waals surface area contributed by atoms with Gasteiger partial charge in [0.15, 0.2) is 5.79 Å². The summed E-state index contributed by atoms with van der Waals surface area (Å²) < 4.78 is 11.6. The first-order chi connectivity index (χ1) is 13.2. The van der Waals surface area contributed by atoms with Crippen LogP contribution in [-0.2, 0) is 16.0 Å². The van der Waals surface area contributed by atoms with E-state index in [0.29, 0.717) is 25.5 Å². The van der Waals surface area contributed by atoms with Gasteiger partial charge in [0.2, 0.25) is 0 Å². The maximum Gasteiger partial charge on any atom is 0.270 e. The Morgan fingerprint density at radius 1 is 1.19 bits per heavy atom. The summed E-state index contributed by atoms with van der Waals surface area (Å²) in [5.74, 6) is -0.548. The molecule has 27 heavy (non-hydrogen) atoms. The van der Waals surface area contributed by atoms with Crippen molar-refractivity contribution in [2.45, 2.75) is 32.1 Å². The summed E-state index contributed by atoms with van der Waals surface area (Å²) in [6.45, 7) is 5.59. The van der Waals surface area contributed by atoms with Crippen LogP contribution in [0.4, 0.5) is 5.69 Å². The van der Waals surface area contributed by atoms with E-state index in [-0.39, 0.29) is 5.91 Å². The van der Waals surface area contributed by atoms with E-state index in [2.05, 4.69) is 15.2 Å². The first kappa shape index (κ1) is 17.9. The van der Waals surface area contributed by atoms with Crippen LogP contribution in [0.3, 0.4) is 0 Å². The van der Waals surface area contributed by atoms with Gasteiger partial charge in [0.25, 0.3) is 5.91 Å². The van der Waals surface area contributed by atoms with Gasteiger partial charge in [0.05, 0.1) is 13.2 Å². The molecule has 2 fully saturated rings. The number of amides is 1. The Morgan fingerprint density at radius 3 is 2.67 bits per heavy atom. The third-order valence-electron chi connectivity index (χ3n) is 5.38. The summed E-state index contributed by atoms with van der Waals surface area (Å²) in [4.78, 5) is 19.0. The maximum atomic E-state index is 12.5. The molecular formula is C21H25N3O3. The largest absolute Gasteiger partial charge is 0.371 e. The van der Waals surface area contributed by atoms with Crippen LogP contribution in [0.5, 0.6) is 0 Å². The second kappa shape index (κ2) is 7.66. The Kier molecular flexibility index (Phi) is 5.09. The van der Waals surface area contributed by atoms with Gasteiger partial charge < -0.3 is 19.7 Å². The second-order valence-electron chi connectivity index (χ2n) is 7.10. The molecule has 2 aliphatic rings. The Balaban J connectivity index is 1.39. The summed E-state index contributed by atoms with van der Waals surface area (Å²) in [6, 6.07) is 11.9. The lowest BCUT2D eigenvalue weighted by atomic mass is 10.0. The monoisotopic (exact) mass is 367 g/mol. The van der Waals surface area contributed by atoms with Crippen molar-refractivity contribution in [3.63, 3.8) is 0 Å². The van der Waals surface area contributed by atoms with Crippen molar-refractivity contribution in [2.75, 3.05) is 31.2 Å². The van der Waals surface area contributed by atoms with Crippen molar-refractivity contribution < 1.29 is 14.3 Å². The van der Waals surface area contributed by atoms with E-state index in [0.717, 1.165) is 42.7 Å². The van der Waals surface area contributed by atoms with E-state index < -0.39 is 5.79 Å². The molecular weight excluding hydrogens is 342 g/mol. The van der Waals surface area contributed by atoms with E-state index in [1.807, 2.05) is 43.3 Å². The summed E-state index contributed by atoms with van der Waals surface area (Å²) in [5.41, 5.74) is 3.73. The molecule has 0 saturated carbocycles. The first-order valence-electron chi connectivity index (χ1n) is 9.47. The van der Waals surface area contributed by atoms with Crippen molar-refractivity contribution in [2.24, 2.45) is 0 Å². The van der Waals surface area contributed by atoms with Gasteiger partial charge in [-0.1, -0.05) is 24.3 Å². The molecule has 142 valence electrons. The fraction of sp³-hybridized carbons (Fsp3) is 0.429. The number of nitrogens with one attached hydrogen (secondary N) is 1. The molecule has 1 aromatic heterocycles. The molecule has 0 radical (unpaired) electrons. The van der Waals surface area contributed by atoms with Crippen LogP contribution < -0.4 is 10.2 Å². The van der Waals surface area contributed by atoms with E-state index in [9.17, 15) is 4.79 Å². The molecule has 2 aliphatic heterocycles. The topological polar surface area (TPSA) is 63.7 Å². The number of rotatable bonds is 4. The fourth-order valence-electron chi connectivity index (χ4n) is 3.71. The van der Waals surface area contributed by atoms with Crippen molar-refractivity contribution in [3.05, 3.63) is 59.4 Å². The number of anilines is 1. The Morgan fingerprint density at radius 2 is 1.93 bits per heavy atom. The first-order valence-corrected chi connectivity index (χ1v) is 9.47. The van der Waals surface area contributed by atoms with Crippen molar-refractivity contribution in [1.82, 2.24) is 10.3 Å². The summed E-state index contributed by atoms with van der Waals surface area (Å²) >= 11 is 0. The standard InChI is InChI=1S/C21H25N3O3/c1-16-4-2-3-5-17(16)15-23-20(25)19-14-18(6-9-22-19)24-10-7-21(8-11-24)26-12-13-27-21/h2-6,9,14H,7-8,10-13,15H2,1H3,(H,23,25). The Labute approximate surface area is 159 Å². The number of ether oxygens (including phenoxy) is 2. The average molecular weight is 367 g/mol. The third kappa shape index (κ3) is 3.96. The molecule has 0 atom stereocenters. The lowest BCUT2D eigenvalue weighted by Crippen LogP contribution is -2.45. The van der Waals surface area contributed by atoms with Gasteiger partial charge in [-0.15, -0.1) is 0 Å². The van der Waals surface area contributed by atoms with Gasteiger partial charge in [-0.25, -0.2) is 0 Å². The summed E-state index contributed by atoms with van der Waals surface area (Å²) in [7, 11) is 0. The highest BCUT2D eigenvalue weighted by molar-refractivity contribution is 5.93. The number of hydrogen-bond acceptors (Lipinski definition) is 5. The van der Waals surface area contributed by atoms with E-state index in [1.54, 1.807) is 6.20 Å². The number of piperidine rings is 1. The highest BCUT2D eigenvalue weighted by Crippen LogP contribution is 2.33. The molecule has 1 amide bonds. The number of aromatic nitrogens is 1. The smallest absolute Gasteiger partial charge is 0.270 e. The quantitative estimate of drug-likeness (QED) is 0.900. The van der Waals surface area contributed by atoms with Crippen molar-refractivity contribution >= 4 is 11.6 Å². The number of aryl methyl sites for hydroxylation is 1. The van der Waals surface area contributed by atoms with Crippen LogP contribution >= 0.6 is 0 Å². The molecule has 0 bridgehead atoms. The minimum absolute atomic E-state index is 0.156. The zero-order valence-corrected chi connectivity index (χ0v) is 15.6.